The zero-order chi connectivity index (χ0) is 19.0. The summed E-state index contributed by atoms with van der Waals surface area (Å²) >= 11 is 0. The SMILES string of the molecule is CC(C)NC(=O)[C@@H]1CN2CC[C@H]1C[C@@H]2Cn1cc(-c2cccc(N)c2)nn1. The summed E-state index contributed by atoms with van der Waals surface area (Å²) in [5.41, 5.74) is 8.42. The molecule has 144 valence electrons. The van der Waals surface area contributed by atoms with Crippen LogP contribution in [0.2, 0.25) is 0 Å². The van der Waals surface area contributed by atoms with E-state index >= 15 is 0 Å². The Kier molecular flexibility index (Phi) is 4.86. The number of nitrogens with one attached hydrogen (secondary N) is 1. The second-order valence-corrected chi connectivity index (χ2v) is 8.15. The zero-order valence-corrected chi connectivity index (χ0v) is 16.0. The number of benzene rings is 1. The number of amides is 1. The van der Waals surface area contributed by atoms with Crippen molar-refractivity contribution in [2.45, 2.75) is 45.3 Å². The Morgan fingerprint density at radius 2 is 2.26 bits per heavy atom. The van der Waals surface area contributed by atoms with E-state index in [0.29, 0.717) is 12.0 Å². The van der Waals surface area contributed by atoms with Crippen LogP contribution in [-0.4, -0.2) is 51.0 Å². The maximum Gasteiger partial charge on any atom is 0.224 e. The third kappa shape index (κ3) is 3.83. The van der Waals surface area contributed by atoms with Crippen molar-refractivity contribution in [1.82, 2.24) is 25.2 Å². The molecule has 3 aliphatic heterocycles. The summed E-state index contributed by atoms with van der Waals surface area (Å²) in [6.07, 6.45) is 4.14. The molecule has 2 bridgehead atoms. The van der Waals surface area contributed by atoms with Crippen LogP contribution in [0.4, 0.5) is 5.69 Å². The number of piperidine rings is 3. The molecule has 3 N–H and O–H groups in total. The van der Waals surface area contributed by atoms with Crippen molar-refractivity contribution in [3.63, 3.8) is 0 Å². The first-order valence-corrected chi connectivity index (χ1v) is 9.80. The van der Waals surface area contributed by atoms with Gasteiger partial charge in [0.1, 0.15) is 5.69 Å². The molecule has 5 rings (SSSR count). The highest BCUT2D eigenvalue weighted by atomic mass is 16.2. The molecule has 0 saturated carbocycles. The van der Waals surface area contributed by atoms with Crippen LogP contribution in [0.3, 0.4) is 0 Å². The van der Waals surface area contributed by atoms with E-state index in [1.807, 2.05) is 49.0 Å². The first kappa shape index (κ1) is 18.0. The van der Waals surface area contributed by atoms with Crippen molar-refractivity contribution >= 4 is 11.6 Å². The molecule has 3 fully saturated rings. The molecule has 7 heteroatoms. The van der Waals surface area contributed by atoms with Crippen molar-refractivity contribution in [2.75, 3.05) is 18.8 Å². The number of nitrogen functional groups attached to an aromatic ring is 1. The summed E-state index contributed by atoms with van der Waals surface area (Å²) in [7, 11) is 0. The number of aromatic nitrogens is 3. The van der Waals surface area contributed by atoms with Gasteiger partial charge in [-0.2, -0.15) is 0 Å². The topological polar surface area (TPSA) is 89.1 Å². The van der Waals surface area contributed by atoms with Gasteiger partial charge in [0.25, 0.3) is 0 Å². The second-order valence-electron chi connectivity index (χ2n) is 8.15. The number of rotatable bonds is 5. The Morgan fingerprint density at radius 3 is 2.96 bits per heavy atom. The summed E-state index contributed by atoms with van der Waals surface area (Å²) in [5.74, 6) is 0.800. The van der Waals surface area contributed by atoms with Gasteiger partial charge in [0.15, 0.2) is 0 Å². The van der Waals surface area contributed by atoms with Gasteiger partial charge >= 0.3 is 0 Å². The van der Waals surface area contributed by atoms with Crippen LogP contribution in [0.5, 0.6) is 0 Å². The van der Waals surface area contributed by atoms with Crippen LogP contribution >= 0.6 is 0 Å². The predicted molar refractivity (Wildman–Crippen MR) is 105 cm³/mol. The standard InChI is InChI=1S/C20H28N6O/c1-13(2)22-20(27)18-11-25-7-6-14(18)9-17(25)10-26-12-19(23-24-26)15-4-3-5-16(21)8-15/h3-5,8,12-14,17-18H,6-7,9-11,21H2,1-2H3,(H,22,27)/t14-,17+,18+/m0/s1. The van der Waals surface area contributed by atoms with E-state index in [1.54, 1.807) is 0 Å². The van der Waals surface area contributed by atoms with E-state index < -0.39 is 0 Å². The quantitative estimate of drug-likeness (QED) is 0.785. The third-order valence-corrected chi connectivity index (χ3v) is 5.77. The fourth-order valence-corrected chi connectivity index (χ4v) is 4.45. The van der Waals surface area contributed by atoms with E-state index in [9.17, 15) is 4.79 Å². The number of hydrogen-bond acceptors (Lipinski definition) is 5. The Morgan fingerprint density at radius 1 is 1.41 bits per heavy atom. The molecule has 4 atom stereocenters. The average Bonchev–Trinajstić information content (AvgIpc) is 3.10. The number of nitrogens with two attached hydrogens (primary N) is 1. The van der Waals surface area contributed by atoms with Gasteiger partial charge in [0, 0.05) is 29.9 Å². The van der Waals surface area contributed by atoms with Gasteiger partial charge in [-0.05, 0) is 51.3 Å². The fourth-order valence-electron chi connectivity index (χ4n) is 4.45. The molecule has 27 heavy (non-hydrogen) atoms. The van der Waals surface area contributed by atoms with Crippen molar-refractivity contribution in [3.8, 4) is 11.3 Å². The molecule has 4 heterocycles. The first-order valence-electron chi connectivity index (χ1n) is 9.80. The second kappa shape index (κ2) is 7.31. The number of carbonyl (C=O) groups excluding carboxylic acids is 1. The molecule has 2 aromatic rings. The lowest BCUT2D eigenvalue weighted by atomic mass is 9.75. The van der Waals surface area contributed by atoms with Crippen molar-refractivity contribution in [3.05, 3.63) is 30.5 Å². The minimum atomic E-state index is 0.121. The van der Waals surface area contributed by atoms with Gasteiger partial charge in [-0.15, -0.1) is 5.10 Å². The van der Waals surface area contributed by atoms with Gasteiger partial charge in [0.2, 0.25) is 5.91 Å². The summed E-state index contributed by atoms with van der Waals surface area (Å²) < 4.78 is 1.92. The highest BCUT2D eigenvalue weighted by Crippen LogP contribution is 2.37. The Hall–Kier alpha value is -2.41. The third-order valence-electron chi connectivity index (χ3n) is 5.77. The van der Waals surface area contributed by atoms with Gasteiger partial charge in [-0.1, -0.05) is 17.3 Å². The summed E-state index contributed by atoms with van der Waals surface area (Å²) in [5, 5.41) is 11.7. The lowest BCUT2D eigenvalue weighted by Crippen LogP contribution is -2.58. The normalized spacial score (nSPS) is 27.1. The van der Waals surface area contributed by atoms with E-state index in [2.05, 4.69) is 20.5 Å². The van der Waals surface area contributed by atoms with Crippen molar-refractivity contribution in [1.29, 1.82) is 0 Å². The monoisotopic (exact) mass is 368 g/mol. The first-order chi connectivity index (χ1) is 13.0. The Bertz CT molecular complexity index is 816. The largest absolute Gasteiger partial charge is 0.399 e. The number of nitrogens with zero attached hydrogens (tertiary/aromatic N) is 4. The maximum atomic E-state index is 12.5. The molecule has 7 nitrogen and oxygen atoms in total. The molecule has 3 saturated heterocycles. The molecule has 0 radical (unpaired) electrons. The maximum absolute atomic E-state index is 12.5. The van der Waals surface area contributed by atoms with Gasteiger partial charge < -0.3 is 11.1 Å². The van der Waals surface area contributed by atoms with Crippen molar-refractivity contribution < 1.29 is 4.79 Å². The lowest BCUT2D eigenvalue weighted by Gasteiger charge is -2.49. The van der Waals surface area contributed by atoms with Gasteiger partial charge in [-0.25, -0.2) is 0 Å². The number of hydrogen-bond donors (Lipinski definition) is 2. The van der Waals surface area contributed by atoms with Crippen LogP contribution in [0.1, 0.15) is 26.7 Å². The molecule has 0 aliphatic carbocycles. The van der Waals surface area contributed by atoms with E-state index in [4.69, 9.17) is 5.73 Å². The summed E-state index contributed by atoms with van der Waals surface area (Å²) in [6, 6.07) is 8.32. The van der Waals surface area contributed by atoms with E-state index in [-0.39, 0.29) is 17.9 Å². The van der Waals surface area contributed by atoms with E-state index in [1.165, 1.54) is 0 Å². The lowest BCUT2D eigenvalue weighted by molar-refractivity contribution is -0.133. The van der Waals surface area contributed by atoms with Crippen LogP contribution in [0, 0.1) is 11.8 Å². The average molecular weight is 368 g/mol. The van der Waals surface area contributed by atoms with Crippen LogP contribution in [0.15, 0.2) is 30.5 Å². The molecule has 1 amide bonds. The molecule has 1 aromatic carbocycles. The zero-order valence-electron chi connectivity index (χ0n) is 16.0. The molecular formula is C20H28N6O. The molecule has 0 spiro atoms. The minimum Gasteiger partial charge on any atom is -0.399 e. The summed E-state index contributed by atoms with van der Waals surface area (Å²) in [4.78, 5) is 14.9. The van der Waals surface area contributed by atoms with Gasteiger partial charge in [-0.3, -0.25) is 14.4 Å². The fraction of sp³-hybridized carbons (Fsp3) is 0.550. The molecular weight excluding hydrogens is 340 g/mol. The number of fused-ring (bicyclic) bond motifs is 3. The smallest absolute Gasteiger partial charge is 0.224 e. The summed E-state index contributed by atoms with van der Waals surface area (Å²) in [6.45, 7) is 6.77. The Labute approximate surface area is 159 Å². The van der Waals surface area contributed by atoms with Crippen LogP contribution < -0.4 is 11.1 Å². The molecule has 3 aliphatic rings. The minimum absolute atomic E-state index is 0.121. The highest BCUT2D eigenvalue weighted by molar-refractivity contribution is 5.79. The van der Waals surface area contributed by atoms with Crippen molar-refractivity contribution in [2.24, 2.45) is 11.8 Å². The Balaban J connectivity index is 1.41. The van der Waals surface area contributed by atoms with Gasteiger partial charge in [0.05, 0.1) is 18.7 Å². The highest BCUT2D eigenvalue weighted by Gasteiger charge is 2.43. The predicted octanol–water partition coefficient (Wildman–Crippen LogP) is 1.76. The van der Waals surface area contributed by atoms with E-state index in [0.717, 1.165) is 49.4 Å². The van der Waals surface area contributed by atoms with Crippen LogP contribution in [0.25, 0.3) is 11.3 Å². The van der Waals surface area contributed by atoms with Crippen LogP contribution in [-0.2, 0) is 11.3 Å². The molecule has 1 aromatic heterocycles. The number of carbonyl (C=O) groups is 1. The number of anilines is 1. The molecule has 1 unspecified atom stereocenters.